The van der Waals surface area contributed by atoms with E-state index >= 15 is 0 Å². The van der Waals surface area contributed by atoms with Crippen LogP contribution in [-0.4, -0.2) is 37.7 Å². The zero-order valence-electron chi connectivity index (χ0n) is 15.3. The summed E-state index contributed by atoms with van der Waals surface area (Å²) in [7, 11) is 0. The van der Waals surface area contributed by atoms with E-state index in [0.717, 1.165) is 31.3 Å². The topological polar surface area (TPSA) is 80.0 Å². The van der Waals surface area contributed by atoms with Crippen LogP contribution in [0.15, 0.2) is 48.9 Å². The number of carbonyl (C=O) groups excluding carboxylic acids is 1. The summed E-state index contributed by atoms with van der Waals surface area (Å²) in [5.41, 5.74) is 2.52. The van der Waals surface area contributed by atoms with Gasteiger partial charge in [-0.15, -0.1) is 0 Å². The van der Waals surface area contributed by atoms with Gasteiger partial charge >= 0.3 is 0 Å². The first-order valence-electron chi connectivity index (χ1n) is 9.48. The van der Waals surface area contributed by atoms with E-state index in [1.807, 2.05) is 22.8 Å². The summed E-state index contributed by atoms with van der Waals surface area (Å²) < 4.78 is 1.97. The number of hydrogen-bond donors (Lipinski definition) is 2. The van der Waals surface area contributed by atoms with Crippen molar-refractivity contribution in [3.63, 3.8) is 0 Å². The van der Waals surface area contributed by atoms with Gasteiger partial charge in [-0.2, -0.15) is 0 Å². The molecule has 0 bridgehead atoms. The van der Waals surface area contributed by atoms with E-state index in [0.29, 0.717) is 30.6 Å². The first-order chi connectivity index (χ1) is 13.1. The third-order valence-corrected chi connectivity index (χ3v) is 5.32. The van der Waals surface area contributed by atoms with Crippen molar-refractivity contribution < 1.29 is 9.90 Å². The lowest BCUT2D eigenvalue weighted by atomic mass is 9.98. The molecule has 0 unspecified atom stereocenters. The smallest absolute Gasteiger partial charge is 0.252 e. The Kier molecular flexibility index (Phi) is 4.90. The van der Waals surface area contributed by atoms with Crippen LogP contribution in [0.5, 0.6) is 0 Å². The lowest BCUT2D eigenvalue weighted by Crippen LogP contribution is -2.33. The summed E-state index contributed by atoms with van der Waals surface area (Å²) >= 11 is 0. The Morgan fingerprint density at radius 3 is 2.74 bits per heavy atom. The van der Waals surface area contributed by atoms with Gasteiger partial charge < -0.3 is 15.0 Å². The number of nitrogens with zero attached hydrogens (tertiary/aromatic N) is 3. The van der Waals surface area contributed by atoms with Gasteiger partial charge in [-0.05, 0) is 30.9 Å². The predicted molar refractivity (Wildman–Crippen MR) is 103 cm³/mol. The summed E-state index contributed by atoms with van der Waals surface area (Å²) in [4.78, 5) is 21.2. The number of nitrogens with one attached hydrogen (secondary N) is 1. The number of rotatable bonds is 6. The van der Waals surface area contributed by atoms with Crippen LogP contribution in [0.4, 0.5) is 0 Å². The first-order valence-corrected chi connectivity index (χ1v) is 9.48. The second kappa shape index (κ2) is 7.48. The Hall–Kier alpha value is -2.73. The van der Waals surface area contributed by atoms with Crippen LogP contribution in [-0.2, 0) is 6.54 Å². The SMILES string of the molecule is O=C(NCCC1(O)CCCC1)c1cnc2c(c1)ncn2Cc1ccccc1. The summed E-state index contributed by atoms with van der Waals surface area (Å²) in [6, 6.07) is 11.9. The fraction of sp³-hybridized carbons (Fsp3) is 0.381. The monoisotopic (exact) mass is 364 g/mol. The van der Waals surface area contributed by atoms with Gasteiger partial charge in [-0.25, -0.2) is 9.97 Å². The van der Waals surface area contributed by atoms with Crippen LogP contribution in [0.25, 0.3) is 11.2 Å². The van der Waals surface area contributed by atoms with Crippen molar-refractivity contribution >= 4 is 17.1 Å². The second-order valence-electron chi connectivity index (χ2n) is 7.36. The minimum Gasteiger partial charge on any atom is -0.390 e. The maximum absolute atomic E-state index is 12.4. The molecule has 3 aromatic rings. The van der Waals surface area contributed by atoms with Crippen LogP contribution in [0.3, 0.4) is 0 Å². The molecule has 6 heteroatoms. The summed E-state index contributed by atoms with van der Waals surface area (Å²) in [5, 5.41) is 13.3. The first kappa shape index (κ1) is 17.7. The molecule has 0 aliphatic heterocycles. The van der Waals surface area contributed by atoms with Gasteiger partial charge in [-0.3, -0.25) is 4.79 Å². The van der Waals surface area contributed by atoms with Crippen molar-refractivity contribution in [2.75, 3.05) is 6.54 Å². The molecule has 1 fully saturated rings. The van der Waals surface area contributed by atoms with Gasteiger partial charge in [0.15, 0.2) is 5.65 Å². The van der Waals surface area contributed by atoms with Crippen LogP contribution in [0.1, 0.15) is 48.0 Å². The number of amides is 1. The number of aliphatic hydroxyl groups is 1. The van der Waals surface area contributed by atoms with E-state index < -0.39 is 5.60 Å². The third-order valence-electron chi connectivity index (χ3n) is 5.32. The van der Waals surface area contributed by atoms with Crippen LogP contribution >= 0.6 is 0 Å². The molecule has 0 atom stereocenters. The number of carbonyl (C=O) groups is 1. The number of benzene rings is 1. The summed E-state index contributed by atoms with van der Waals surface area (Å²) in [5.74, 6) is -0.177. The third kappa shape index (κ3) is 4.01. The van der Waals surface area contributed by atoms with Gasteiger partial charge in [-0.1, -0.05) is 43.2 Å². The molecule has 27 heavy (non-hydrogen) atoms. The highest BCUT2D eigenvalue weighted by Gasteiger charge is 2.30. The molecule has 1 saturated carbocycles. The maximum Gasteiger partial charge on any atom is 0.252 e. The van der Waals surface area contributed by atoms with Crippen molar-refractivity contribution in [2.24, 2.45) is 0 Å². The molecule has 1 aliphatic rings. The van der Waals surface area contributed by atoms with Gasteiger partial charge in [0.05, 0.1) is 24.0 Å². The van der Waals surface area contributed by atoms with E-state index in [4.69, 9.17) is 0 Å². The van der Waals surface area contributed by atoms with Gasteiger partial charge in [0.25, 0.3) is 5.91 Å². The molecule has 0 radical (unpaired) electrons. The summed E-state index contributed by atoms with van der Waals surface area (Å²) in [6.07, 6.45) is 7.73. The minimum atomic E-state index is -0.605. The standard InChI is InChI=1S/C21H24N4O2/c26-20(22-11-10-21(27)8-4-5-9-21)17-12-18-19(23-13-17)25(15-24-18)14-16-6-2-1-3-7-16/h1-3,6-7,12-13,15,27H,4-5,8-11,14H2,(H,22,26). The van der Waals surface area contributed by atoms with E-state index in [-0.39, 0.29) is 5.91 Å². The normalized spacial score (nSPS) is 15.9. The number of aromatic nitrogens is 3. The van der Waals surface area contributed by atoms with Gasteiger partial charge in [0.2, 0.25) is 0 Å². The Labute approximate surface area is 158 Å². The van der Waals surface area contributed by atoms with Gasteiger partial charge in [0.1, 0.15) is 5.52 Å². The molecule has 0 spiro atoms. The van der Waals surface area contributed by atoms with Crippen LogP contribution in [0, 0.1) is 0 Å². The average Bonchev–Trinajstić information content (AvgIpc) is 3.29. The molecular formula is C21H24N4O2. The Balaban J connectivity index is 1.41. The molecule has 0 saturated heterocycles. The van der Waals surface area contributed by atoms with Crippen LogP contribution in [0.2, 0.25) is 0 Å². The quantitative estimate of drug-likeness (QED) is 0.705. The maximum atomic E-state index is 12.4. The van der Waals surface area contributed by atoms with E-state index in [1.165, 1.54) is 5.56 Å². The van der Waals surface area contributed by atoms with Crippen molar-refractivity contribution in [1.29, 1.82) is 0 Å². The summed E-state index contributed by atoms with van der Waals surface area (Å²) in [6.45, 7) is 1.16. The average molecular weight is 364 g/mol. The molecule has 140 valence electrons. The Bertz CT molecular complexity index is 930. The number of pyridine rings is 1. The molecule has 2 N–H and O–H groups in total. The molecule has 1 aromatic carbocycles. The molecule has 2 aromatic heterocycles. The van der Waals surface area contributed by atoms with Crippen molar-refractivity contribution in [1.82, 2.24) is 19.9 Å². The predicted octanol–water partition coefficient (Wildman–Crippen LogP) is 2.90. The van der Waals surface area contributed by atoms with E-state index in [2.05, 4.69) is 27.4 Å². The number of imidazole rings is 1. The van der Waals surface area contributed by atoms with E-state index in [1.54, 1.807) is 18.6 Å². The number of hydrogen-bond acceptors (Lipinski definition) is 4. The fourth-order valence-electron chi connectivity index (χ4n) is 3.76. The molecule has 6 nitrogen and oxygen atoms in total. The lowest BCUT2D eigenvalue weighted by Gasteiger charge is -2.21. The Morgan fingerprint density at radius 2 is 1.96 bits per heavy atom. The Morgan fingerprint density at radius 1 is 1.19 bits per heavy atom. The fourth-order valence-corrected chi connectivity index (χ4v) is 3.76. The molecular weight excluding hydrogens is 340 g/mol. The van der Waals surface area contributed by atoms with E-state index in [9.17, 15) is 9.90 Å². The van der Waals surface area contributed by atoms with Crippen LogP contribution < -0.4 is 5.32 Å². The number of fused-ring (bicyclic) bond motifs is 1. The lowest BCUT2D eigenvalue weighted by molar-refractivity contribution is 0.0389. The van der Waals surface area contributed by atoms with Crippen molar-refractivity contribution in [3.8, 4) is 0 Å². The highest BCUT2D eigenvalue weighted by molar-refractivity contribution is 5.96. The highest BCUT2D eigenvalue weighted by Crippen LogP contribution is 2.31. The van der Waals surface area contributed by atoms with Gasteiger partial charge in [0, 0.05) is 12.7 Å². The van der Waals surface area contributed by atoms with Crippen molar-refractivity contribution in [2.45, 2.75) is 44.2 Å². The molecule has 1 amide bonds. The minimum absolute atomic E-state index is 0.177. The molecule has 4 rings (SSSR count). The molecule has 2 heterocycles. The zero-order chi connectivity index (χ0) is 18.7. The highest BCUT2D eigenvalue weighted by atomic mass is 16.3. The largest absolute Gasteiger partial charge is 0.390 e. The molecule has 1 aliphatic carbocycles. The van der Waals surface area contributed by atoms with Crippen molar-refractivity contribution in [3.05, 3.63) is 60.0 Å². The second-order valence-corrected chi connectivity index (χ2v) is 7.36. The zero-order valence-corrected chi connectivity index (χ0v) is 15.3.